The molecule has 0 fully saturated rings. The topological polar surface area (TPSA) is 56.3 Å². The first-order valence-corrected chi connectivity index (χ1v) is 5.58. The standard InChI is InChI=1S/C8H9NO3S/c1-6-2-3-7-8(9-6)12-4-5-13(7,10)11/h2-3H,4-5H2,1H3. The van der Waals surface area contributed by atoms with Crippen molar-refractivity contribution in [2.45, 2.75) is 11.8 Å². The van der Waals surface area contributed by atoms with Crippen LogP contribution in [-0.4, -0.2) is 25.8 Å². The summed E-state index contributed by atoms with van der Waals surface area (Å²) in [4.78, 5) is 4.22. The fourth-order valence-corrected chi connectivity index (χ4v) is 2.39. The molecule has 0 bridgehead atoms. The van der Waals surface area contributed by atoms with Gasteiger partial charge in [-0.05, 0) is 19.1 Å². The summed E-state index contributed by atoms with van der Waals surface area (Å²) in [5.41, 5.74) is 0.760. The maximum Gasteiger partial charge on any atom is 0.232 e. The first kappa shape index (κ1) is 8.50. The number of sulfone groups is 1. The van der Waals surface area contributed by atoms with Crippen molar-refractivity contribution in [1.29, 1.82) is 0 Å². The monoisotopic (exact) mass is 199 g/mol. The molecule has 0 aromatic carbocycles. The van der Waals surface area contributed by atoms with Crippen LogP contribution < -0.4 is 4.74 Å². The van der Waals surface area contributed by atoms with E-state index >= 15 is 0 Å². The zero-order valence-corrected chi connectivity index (χ0v) is 7.97. The minimum absolute atomic E-state index is 0.0464. The highest BCUT2D eigenvalue weighted by Crippen LogP contribution is 2.26. The van der Waals surface area contributed by atoms with Gasteiger partial charge in [-0.2, -0.15) is 0 Å². The van der Waals surface area contributed by atoms with Crippen molar-refractivity contribution < 1.29 is 13.2 Å². The molecule has 0 aliphatic carbocycles. The predicted octanol–water partition coefficient (Wildman–Crippen LogP) is 0.556. The third-order valence-electron chi connectivity index (χ3n) is 1.89. The zero-order valence-electron chi connectivity index (χ0n) is 7.15. The molecule has 0 N–H and O–H groups in total. The van der Waals surface area contributed by atoms with Crippen LogP contribution in [0, 0.1) is 6.92 Å². The number of rotatable bonds is 0. The molecule has 0 saturated carbocycles. The molecule has 0 spiro atoms. The Morgan fingerprint density at radius 3 is 3.00 bits per heavy atom. The lowest BCUT2D eigenvalue weighted by atomic mass is 10.4. The van der Waals surface area contributed by atoms with Crippen LogP contribution in [0.1, 0.15) is 5.69 Å². The lowest BCUT2D eigenvalue weighted by Crippen LogP contribution is -2.21. The molecule has 1 aliphatic rings. The average Bonchev–Trinajstić information content (AvgIpc) is 2.02. The number of aryl methyl sites for hydroxylation is 1. The number of hydrogen-bond acceptors (Lipinski definition) is 4. The van der Waals surface area contributed by atoms with Crippen molar-refractivity contribution in [2.24, 2.45) is 0 Å². The molecule has 0 unspecified atom stereocenters. The Hall–Kier alpha value is -1.10. The summed E-state index contributed by atoms with van der Waals surface area (Å²) in [6.07, 6.45) is 0. The van der Waals surface area contributed by atoms with Crippen LogP contribution in [0.3, 0.4) is 0 Å². The van der Waals surface area contributed by atoms with E-state index in [4.69, 9.17) is 4.74 Å². The highest BCUT2D eigenvalue weighted by molar-refractivity contribution is 7.91. The molecule has 0 amide bonds. The van der Waals surface area contributed by atoms with Gasteiger partial charge in [0.1, 0.15) is 11.5 Å². The summed E-state index contributed by atoms with van der Waals surface area (Å²) >= 11 is 0. The van der Waals surface area contributed by atoms with Crippen LogP contribution in [-0.2, 0) is 9.84 Å². The van der Waals surface area contributed by atoms with Crippen molar-refractivity contribution in [3.8, 4) is 5.88 Å². The SMILES string of the molecule is Cc1ccc2c(n1)OCCS2(=O)=O. The number of fused-ring (bicyclic) bond motifs is 1. The molecule has 0 radical (unpaired) electrons. The summed E-state index contributed by atoms with van der Waals surface area (Å²) in [6.45, 7) is 2.00. The van der Waals surface area contributed by atoms with Gasteiger partial charge in [-0.3, -0.25) is 0 Å². The Bertz CT molecular complexity index is 439. The van der Waals surface area contributed by atoms with Gasteiger partial charge < -0.3 is 4.74 Å². The van der Waals surface area contributed by atoms with Gasteiger partial charge in [-0.15, -0.1) is 0 Å². The molecular weight excluding hydrogens is 190 g/mol. The van der Waals surface area contributed by atoms with Crippen LogP contribution in [0.25, 0.3) is 0 Å². The van der Waals surface area contributed by atoms with Gasteiger partial charge in [-0.1, -0.05) is 0 Å². The quantitative estimate of drug-likeness (QED) is 0.612. The van der Waals surface area contributed by atoms with Gasteiger partial charge in [0.25, 0.3) is 0 Å². The van der Waals surface area contributed by atoms with Crippen molar-refractivity contribution in [3.05, 3.63) is 17.8 Å². The van der Waals surface area contributed by atoms with E-state index < -0.39 is 9.84 Å². The number of hydrogen-bond donors (Lipinski definition) is 0. The normalized spacial score (nSPS) is 18.8. The van der Waals surface area contributed by atoms with E-state index in [0.717, 1.165) is 5.69 Å². The third-order valence-corrected chi connectivity index (χ3v) is 3.58. The summed E-state index contributed by atoms with van der Waals surface area (Å²) < 4.78 is 28.1. The van der Waals surface area contributed by atoms with E-state index in [-0.39, 0.29) is 23.1 Å². The number of nitrogens with zero attached hydrogens (tertiary/aromatic N) is 1. The molecule has 2 rings (SSSR count). The molecule has 5 heteroatoms. The lowest BCUT2D eigenvalue weighted by Gasteiger charge is -2.16. The maximum atomic E-state index is 11.5. The van der Waals surface area contributed by atoms with E-state index in [0.29, 0.717) is 0 Å². The number of aromatic nitrogens is 1. The summed E-state index contributed by atoms with van der Waals surface area (Å²) in [6, 6.07) is 3.22. The molecular formula is C8H9NO3S. The van der Waals surface area contributed by atoms with Gasteiger partial charge in [0.2, 0.25) is 5.88 Å². The molecule has 1 aliphatic heterocycles. The second kappa shape index (κ2) is 2.70. The van der Waals surface area contributed by atoms with Crippen LogP contribution >= 0.6 is 0 Å². The first-order valence-electron chi connectivity index (χ1n) is 3.93. The zero-order chi connectivity index (χ0) is 9.47. The molecule has 13 heavy (non-hydrogen) atoms. The Balaban J connectivity index is 2.66. The van der Waals surface area contributed by atoms with Gasteiger partial charge in [0.05, 0.1) is 5.75 Å². The first-order chi connectivity index (χ1) is 6.09. The van der Waals surface area contributed by atoms with E-state index in [1.54, 1.807) is 19.1 Å². The van der Waals surface area contributed by atoms with Gasteiger partial charge >= 0.3 is 0 Å². The van der Waals surface area contributed by atoms with E-state index in [1.165, 1.54) is 0 Å². The van der Waals surface area contributed by atoms with Crippen molar-refractivity contribution in [1.82, 2.24) is 4.98 Å². The summed E-state index contributed by atoms with van der Waals surface area (Å²) in [5, 5.41) is 0. The van der Waals surface area contributed by atoms with Crippen LogP contribution in [0.5, 0.6) is 5.88 Å². The fraction of sp³-hybridized carbons (Fsp3) is 0.375. The molecule has 70 valence electrons. The Morgan fingerprint density at radius 1 is 1.46 bits per heavy atom. The largest absolute Gasteiger partial charge is 0.476 e. The fourth-order valence-electron chi connectivity index (χ4n) is 1.22. The molecule has 0 atom stereocenters. The van der Waals surface area contributed by atoms with E-state index in [1.807, 2.05) is 0 Å². The Kier molecular flexibility index (Phi) is 1.76. The summed E-state index contributed by atoms with van der Waals surface area (Å²) in [7, 11) is -3.15. The van der Waals surface area contributed by atoms with Crippen molar-refractivity contribution >= 4 is 9.84 Å². The molecule has 1 aromatic rings. The van der Waals surface area contributed by atoms with Crippen LogP contribution in [0.2, 0.25) is 0 Å². The minimum atomic E-state index is -3.15. The van der Waals surface area contributed by atoms with E-state index in [9.17, 15) is 8.42 Å². The van der Waals surface area contributed by atoms with Gasteiger partial charge in [0.15, 0.2) is 9.84 Å². The second-order valence-electron chi connectivity index (χ2n) is 2.92. The highest BCUT2D eigenvalue weighted by Gasteiger charge is 2.25. The predicted molar refractivity (Wildman–Crippen MR) is 46.5 cm³/mol. The maximum absolute atomic E-state index is 11.5. The van der Waals surface area contributed by atoms with Crippen LogP contribution in [0.4, 0.5) is 0 Å². The second-order valence-corrected chi connectivity index (χ2v) is 5.00. The third kappa shape index (κ3) is 1.39. The molecule has 2 heterocycles. The Morgan fingerprint density at radius 2 is 2.23 bits per heavy atom. The smallest absolute Gasteiger partial charge is 0.232 e. The van der Waals surface area contributed by atoms with E-state index in [2.05, 4.69) is 4.98 Å². The van der Waals surface area contributed by atoms with Crippen molar-refractivity contribution in [2.75, 3.05) is 12.4 Å². The Labute approximate surface area is 76.5 Å². The molecule has 4 nitrogen and oxygen atoms in total. The lowest BCUT2D eigenvalue weighted by molar-refractivity contribution is 0.308. The number of ether oxygens (including phenoxy) is 1. The summed E-state index contributed by atoms with van der Waals surface area (Å²) in [5.74, 6) is 0.288. The van der Waals surface area contributed by atoms with Gasteiger partial charge in [0, 0.05) is 5.69 Å². The molecule has 1 aromatic heterocycles. The minimum Gasteiger partial charge on any atom is -0.476 e. The highest BCUT2D eigenvalue weighted by atomic mass is 32.2. The van der Waals surface area contributed by atoms with Crippen LogP contribution in [0.15, 0.2) is 17.0 Å². The number of pyridine rings is 1. The van der Waals surface area contributed by atoms with Crippen molar-refractivity contribution in [3.63, 3.8) is 0 Å². The van der Waals surface area contributed by atoms with Gasteiger partial charge in [-0.25, -0.2) is 13.4 Å². The average molecular weight is 199 g/mol. The molecule has 0 saturated heterocycles.